The molecule has 0 aromatic carbocycles. The zero-order valence-electron chi connectivity index (χ0n) is 7.20. The fraction of sp³-hybridized carbons (Fsp3) is 0.571. The van der Waals surface area contributed by atoms with Crippen LogP contribution in [0.3, 0.4) is 0 Å². The third-order valence-corrected chi connectivity index (χ3v) is 1.73. The van der Waals surface area contributed by atoms with Gasteiger partial charge in [-0.3, -0.25) is 0 Å². The number of ether oxygens (including phenoxy) is 1. The van der Waals surface area contributed by atoms with Crippen molar-refractivity contribution in [2.24, 2.45) is 0 Å². The van der Waals surface area contributed by atoms with Crippen LogP contribution in [0.5, 0.6) is 0 Å². The maximum absolute atomic E-state index is 11.0. The van der Waals surface area contributed by atoms with Gasteiger partial charge in [-0.25, -0.2) is 10.2 Å². The highest BCUT2D eigenvalue weighted by Gasteiger charge is 2.21. The molecule has 5 heteroatoms. The first-order chi connectivity index (χ1) is 5.65. The Morgan fingerprint density at radius 1 is 1.92 bits per heavy atom. The fourth-order valence-electron chi connectivity index (χ4n) is 0.985. The van der Waals surface area contributed by atoms with Gasteiger partial charge in [0.1, 0.15) is 13.9 Å². The minimum absolute atomic E-state index is 0.284. The summed E-state index contributed by atoms with van der Waals surface area (Å²) in [5, 5.41) is 1.64. The van der Waals surface area contributed by atoms with E-state index >= 15 is 0 Å². The summed E-state index contributed by atoms with van der Waals surface area (Å²) in [6.07, 6.45) is 1.70. The number of hydrogen-bond acceptors (Lipinski definition) is 4. The third-order valence-electron chi connectivity index (χ3n) is 1.73. The van der Waals surface area contributed by atoms with Crippen molar-refractivity contribution in [3.8, 4) is 0 Å². The monoisotopic (exact) mass is 166 g/mol. The second kappa shape index (κ2) is 3.62. The summed E-state index contributed by atoms with van der Waals surface area (Å²) in [6, 6.07) is -0.337. The van der Waals surface area contributed by atoms with E-state index in [-0.39, 0.29) is 12.0 Å². The molecule has 1 unspecified atom stereocenters. The van der Waals surface area contributed by atoms with E-state index in [0.717, 1.165) is 0 Å². The lowest BCUT2D eigenvalue weighted by Crippen LogP contribution is -2.42. The van der Waals surface area contributed by atoms with Crippen LogP contribution in [0.15, 0.2) is 11.7 Å². The Kier molecular flexibility index (Phi) is 2.76. The molecule has 1 atom stereocenters. The van der Waals surface area contributed by atoms with Gasteiger partial charge in [0.15, 0.2) is 0 Å². The molecule has 64 valence electrons. The lowest BCUT2D eigenvalue weighted by Gasteiger charge is -2.21. The molecule has 1 N–H and O–H groups in total. The number of nitrogens with zero attached hydrogens (tertiary/aromatic N) is 1. The topological polar surface area (TPSA) is 41.6 Å². The maximum atomic E-state index is 11.0. The smallest absolute Gasteiger partial charge is 0.329 e. The van der Waals surface area contributed by atoms with Gasteiger partial charge < -0.3 is 9.75 Å². The standard InChI is InChI=1S/C7H11BN2O2/c1-5(7(11)12-2)10-4-6(8)3-9-10/h4-5,9H,3H2,1-2H3. The van der Waals surface area contributed by atoms with Gasteiger partial charge in [0.05, 0.1) is 7.11 Å². The van der Waals surface area contributed by atoms with Crippen LogP contribution in [0, 0.1) is 0 Å². The molecular formula is C7H11BN2O2. The van der Waals surface area contributed by atoms with E-state index in [4.69, 9.17) is 7.85 Å². The van der Waals surface area contributed by atoms with Crippen LogP contribution in [-0.4, -0.2) is 38.5 Å². The molecule has 0 saturated heterocycles. The van der Waals surface area contributed by atoms with E-state index in [1.54, 1.807) is 18.1 Å². The van der Waals surface area contributed by atoms with Crippen LogP contribution in [0.4, 0.5) is 0 Å². The lowest BCUT2D eigenvalue weighted by molar-refractivity contribution is -0.146. The largest absolute Gasteiger partial charge is 0.467 e. The SMILES string of the molecule is [B]C1=CN(C(C)C(=O)OC)NC1. The Morgan fingerprint density at radius 2 is 2.58 bits per heavy atom. The molecule has 4 nitrogen and oxygen atoms in total. The van der Waals surface area contributed by atoms with Crippen LogP contribution in [0.25, 0.3) is 0 Å². The Bertz CT molecular complexity index is 217. The Balaban J connectivity index is 2.54. The molecule has 1 aliphatic heterocycles. The number of nitrogens with one attached hydrogen (secondary N) is 1. The van der Waals surface area contributed by atoms with E-state index < -0.39 is 0 Å². The first-order valence-corrected chi connectivity index (χ1v) is 3.71. The van der Waals surface area contributed by atoms with Gasteiger partial charge in [0, 0.05) is 12.7 Å². The normalized spacial score (nSPS) is 18.8. The number of hydrogen-bond donors (Lipinski definition) is 1. The minimum Gasteiger partial charge on any atom is -0.467 e. The van der Waals surface area contributed by atoms with Crippen molar-refractivity contribution in [1.82, 2.24) is 10.4 Å². The first-order valence-electron chi connectivity index (χ1n) is 3.71. The molecule has 0 fully saturated rings. The molecule has 2 radical (unpaired) electrons. The van der Waals surface area contributed by atoms with E-state index in [1.165, 1.54) is 7.11 Å². The summed E-state index contributed by atoms with van der Waals surface area (Å²) < 4.78 is 4.57. The van der Waals surface area contributed by atoms with Crippen molar-refractivity contribution >= 4 is 13.8 Å². The Morgan fingerprint density at radius 3 is 3.00 bits per heavy atom. The average Bonchev–Trinajstić information content (AvgIpc) is 2.49. The summed E-state index contributed by atoms with van der Waals surface area (Å²) in [7, 11) is 6.87. The second-order valence-electron chi connectivity index (χ2n) is 2.65. The number of carbonyl (C=O) groups is 1. The summed E-state index contributed by atoms with van der Waals surface area (Å²) in [6.45, 7) is 2.33. The molecule has 0 aliphatic carbocycles. The van der Waals surface area contributed by atoms with Crippen LogP contribution in [0.1, 0.15) is 6.92 Å². The summed E-state index contributed by atoms with van der Waals surface area (Å²) >= 11 is 0. The van der Waals surface area contributed by atoms with E-state index in [2.05, 4.69) is 10.2 Å². The van der Waals surface area contributed by atoms with Crippen molar-refractivity contribution in [3.63, 3.8) is 0 Å². The first kappa shape index (κ1) is 9.13. The number of carbonyl (C=O) groups excluding carboxylic acids is 1. The lowest BCUT2D eigenvalue weighted by atomic mass is 9.98. The van der Waals surface area contributed by atoms with Crippen molar-refractivity contribution in [2.75, 3.05) is 13.7 Å². The molecule has 12 heavy (non-hydrogen) atoms. The van der Waals surface area contributed by atoms with Crippen molar-refractivity contribution in [1.29, 1.82) is 0 Å². The number of rotatable bonds is 2. The molecule has 0 aromatic rings. The van der Waals surface area contributed by atoms with Gasteiger partial charge in [0.25, 0.3) is 0 Å². The number of methoxy groups -OCH3 is 1. The fourth-order valence-corrected chi connectivity index (χ4v) is 0.985. The van der Waals surface area contributed by atoms with Gasteiger partial charge in [-0.05, 0) is 6.92 Å². The highest BCUT2D eigenvalue weighted by Crippen LogP contribution is 2.05. The van der Waals surface area contributed by atoms with Crippen LogP contribution in [0.2, 0.25) is 0 Å². The summed E-state index contributed by atoms with van der Waals surface area (Å²) in [5.41, 5.74) is 3.65. The van der Waals surface area contributed by atoms with E-state index in [9.17, 15) is 4.79 Å². The zero-order chi connectivity index (χ0) is 9.14. The second-order valence-corrected chi connectivity index (χ2v) is 2.65. The molecule has 1 heterocycles. The predicted octanol–water partition coefficient (Wildman–Crippen LogP) is -0.622. The Hall–Kier alpha value is -0.965. The summed E-state index contributed by atoms with van der Waals surface area (Å²) in [5.74, 6) is -0.284. The highest BCUT2D eigenvalue weighted by atomic mass is 16.5. The molecule has 0 bridgehead atoms. The maximum Gasteiger partial charge on any atom is 0.329 e. The van der Waals surface area contributed by atoms with Crippen LogP contribution >= 0.6 is 0 Å². The van der Waals surface area contributed by atoms with Crippen molar-refractivity contribution in [2.45, 2.75) is 13.0 Å². The van der Waals surface area contributed by atoms with E-state index in [1.807, 2.05) is 0 Å². The molecule has 0 aromatic heterocycles. The minimum atomic E-state index is -0.337. The van der Waals surface area contributed by atoms with Gasteiger partial charge >= 0.3 is 5.97 Å². The molecule has 1 aliphatic rings. The van der Waals surface area contributed by atoms with Gasteiger partial charge in [-0.15, -0.1) is 0 Å². The van der Waals surface area contributed by atoms with Crippen molar-refractivity contribution in [3.05, 3.63) is 11.7 Å². The highest BCUT2D eigenvalue weighted by molar-refractivity contribution is 6.22. The molecular weight excluding hydrogens is 155 g/mol. The van der Waals surface area contributed by atoms with Gasteiger partial charge in [-0.1, -0.05) is 5.47 Å². The molecule has 0 saturated carbocycles. The number of esters is 1. The van der Waals surface area contributed by atoms with Crippen molar-refractivity contribution < 1.29 is 9.53 Å². The average molecular weight is 166 g/mol. The van der Waals surface area contributed by atoms with Gasteiger partial charge in [-0.2, -0.15) is 0 Å². The summed E-state index contributed by atoms with van der Waals surface area (Å²) in [4.78, 5) is 11.0. The predicted molar refractivity (Wildman–Crippen MR) is 45.2 cm³/mol. The van der Waals surface area contributed by atoms with Crippen LogP contribution in [-0.2, 0) is 9.53 Å². The van der Waals surface area contributed by atoms with Crippen LogP contribution < -0.4 is 5.43 Å². The van der Waals surface area contributed by atoms with Gasteiger partial charge in [0.2, 0.25) is 0 Å². The molecule has 0 spiro atoms. The third kappa shape index (κ3) is 1.79. The van der Waals surface area contributed by atoms with E-state index in [0.29, 0.717) is 12.0 Å². The quantitative estimate of drug-likeness (QED) is 0.438. The number of hydrazine groups is 1. The Labute approximate surface area is 72.9 Å². The molecule has 1 rings (SSSR count). The zero-order valence-corrected chi connectivity index (χ0v) is 7.20. The molecule has 0 amide bonds.